The van der Waals surface area contributed by atoms with Crippen molar-refractivity contribution in [3.63, 3.8) is 0 Å². The lowest BCUT2D eigenvalue weighted by Gasteiger charge is -2.20. The van der Waals surface area contributed by atoms with E-state index in [9.17, 15) is 32.4 Å². The second kappa shape index (κ2) is 12.4. The molecule has 0 saturated carbocycles. The van der Waals surface area contributed by atoms with Crippen LogP contribution in [0.15, 0.2) is 53.1 Å². The predicted molar refractivity (Wildman–Crippen MR) is 127 cm³/mol. The minimum absolute atomic E-state index is 0.0250. The smallest absolute Gasteiger partial charge is 0.404 e. The summed E-state index contributed by atoms with van der Waals surface area (Å²) in [4.78, 5) is 46.5. The third-order valence-corrected chi connectivity index (χ3v) is 5.65. The molecular formula is C23H24F3N4O8P. The average Bonchev–Trinajstić information content (AvgIpc) is 3.30. The first-order valence-electron chi connectivity index (χ1n) is 11.2. The van der Waals surface area contributed by atoms with Crippen LogP contribution in [0.3, 0.4) is 0 Å². The summed E-state index contributed by atoms with van der Waals surface area (Å²) >= 11 is 0. The lowest BCUT2D eigenvalue weighted by Crippen LogP contribution is -2.48. The Morgan fingerprint density at radius 2 is 1.67 bits per heavy atom. The highest BCUT2D eigenvalue weighted by atomic mass is 31.2. The zero-order valence-corrected chi connectivity index (χ0v) is 21.1. The molecule has 3 rings (SSSR count). The molecule has 1 aromatic heterocycles. The van der Waals surface area contributed by atoms with Crippen molar-refractivity contribution in [1.29, 1.82) is 0 Å². The Hall–Kier alpha value is -3.78. The van der Waals surface area contributed by atoms with Crippen LogP contribution in [-0.2, 0) is 33.2 Å². The summed E-state index contributed by atoms with van der Waals surface area (Å²) in [5.74, 6) is -1.38. The van der Waals surface area contributed by atoms with Gasteiger partial charge in [-0.2, -0.15) is 18.2 Å². The molecule has 0 unspecified atom stereocenters. The van der Waals surface area contributed by atoms with Crippen LogP contribution in [0.25, 0.3) is 0 Å². The molecule has 2 aromatic carbocycles. The number of halogens is 3. The maximum absolute atomic E-state index is 12.9. The van der Waals surface area contributed by atoms with Crippen molar-refractivity contribution in [2.45, 2.75) is 38.0 Å². The fourth-order valence-electron chi connectivity index (χ4n) is 3.45. The number of benzene rings is 2. The topological polar surface area (TPSA) is 184 Å². The molecule has 5 N–H and O–H groups in total. The normalized spacial score (nSPS) is 13.4. The first-order chi connectivity index (χ1) is 18.2. The third-order valence-electron chi connectivity index (χ3n) is 5.21. The number of carbonyl (C=O) groups excluding carboxylic acids is 2. The zero-order valence-electron chi connectivity index (χ0n) is 20.3. The zero-order chi connectivity index (χ0) is 28.8. The van der Waals surface area contributed by atoms with Crippen molar-refractivity contribution < 1.29 is 51.3 Å². The molecule has 12 nitrogen and oxygen atoms in total. The molecule has 0 fully saturated rings. The summed E-state index contributed by atoms with van der Waals surface area (Å²) in [6.07, 6.45) is -4.46. The van der Waals surface area contributed by atoms with E-state index in [0.29, 0.717) is 11.1 Å². The highest BCUT2D eigenvalue weighted by molar-refractivity contribution is 7.46. The molecular weight excluding hydrogens is 548 g/mol. The molecule has 16 heteroatoms. The second-order valence-electron chi connectivity index (χ2n) is 8.35. The van der Waals surface area contributed by atoms with Crippen LogP contribution < -0.4 is 15.2 Å². The molecule has 0 radical (unpaired) electrons. The van der Waals surface area contributed by atoms with Gasteiger partial charge in [-0.25, -0.2) is 4.57 Å². The molecule has 1 heterocycles. The van der Waals surface area contributed by atoms with Crippen LogP contribution in [0.1, 0.15) is 41.4 Å². The van der Waals surface area contributed by atoms with Gasteiger partial charge < -0.3 is 24.8 Å². The number of phosphoric acid groups is 1. The van der Waals surface area contributed by atoms with Crippen LogP contribution >= 0.6 is 7.82 Å². The van der Waals surface area contributed by atoms with Crippen LogP contribution in [-0.4, -0.2) is 49.5 Å². The summed E-state index contributed by atoms with van der Waals surface area (Å²) < 4.78 is 58.8. The number of amides is 2. The number of nitrogens with zero attached hydrogens (tertiary/aromatic N) is 2. The largest absolute Gasteiger partial charge is 0.524 e. The number of nitrogens with one attached hydrogen (secondary N) is 2. The van der Waals surface area contributed by atoms with Gasteiger partial charge in [0.25, 0.3) is 5.89 Å². The van der Waals surface area contributed by atoms with Crippen LogP contribution in [0, 0.1) is 0 Å². The molecule has 2 atom stereocenters. The number of phosphoric ester groups is 1. The van der Waals surface area contributed by atoms with Crippen molar-refractivity contribution in [2.24, 2.45) is 0 Å². The standard InChI is InChI=1S/C23H24F3N4O8P/c1-13(32)27-18(10-14-4-8-17(9-5-14)38-39(34,35)36)21(33)28-19(12-31)22-29-20(30-37-22)11-15-2-6-16(7-3-15)23(24,25)26/h2-9,18-19,31H,10-12H2,1H3,(H,27,32)(H,28,33)(H2,34,35,36)/t18-,19-/m0/s1. The number of aliphatic hydroxyl groups is 1. The van der Waals surface area contributed by atoms with E-state index in [1.807, 2.05) is 0 Å². The van der Waals surface area contributed by atoms with Crippen LogP contribution in [0.5, 0.6) is 5.75 Å². The van der Waals surface area contributed by atoms with Gasteiger partial charge in [-0.1, -0.05) is 29.4 Å². The van der Waals surface area contributed by atoms with Crippen molar-refractivity contribution in [2.75, 3.05) is 6.61 Å². The summed E-state index contributed by atoms with van der Waals surface area (Å²) in [5, 5.41) is 18.5. The maximum Gasteiger partial charge on any atom is 0.524 e. The van der Waals surface area contributed by atoms with Gasteiger partial charge in [0.1, 0.15) is 17.8 Å². The molecule has 0 spiro atoms. The minimum atomic E-state index is -4.75. The van der Waals surface area contributed by atoms with Crippen LogP contribution in [0.2, 0.25) is 0 Å². The van der Waals surface area contributed by atoms with Crippen molar-refractivity contribution in [3.05, 3.63) is 76.9 Å². The molecule has 3 aromatic rings. The number of carbonyl (C=O) groups is 2. The molecule has 2 amide bonds. The molecule has 0 aliphatic rings. The summed E-state index contributed by atoms with van der Waals surface area (Å²) in [7, 11) is -4.75. The van der Waals surface area contributed by atoms with E-state index in [0.717, 1.165) is 12.1 Å². The van der Waals surface area contributed by atoms with E-state index in [2.05, 4.69) is 25.3 Å². The fraction of sp³-hybridized carbons (Fsp3) is 0.304. The Kier molecular flexibility index (Phi) is 9.45. The summed E-state index contributed by atoms with van der Waals surface area (Å²) in [6.45, 7) is 0.557. The monoisotopic (exact) mass is 572 g/mol. The van der Waals surface area contributed by atoms with Crippen molar-refractivity contribution in [3.8, 4) is 5.75 Å². The van der Waals surface area contributed by atoms with Gasteiger partial charge >= 0.3 is 14.0 Å². The average molecular weight is 572 g/mol. The van der Waals surface area contributed by atoms with E-state index in [4.69, 9.17) is 14.3 Å². The van der Waals surface area contributed by atoms with Gasteiger partial charge in [0, 0.05) is 19.8 Å². The molecule has 210 valence electrons. The number of alkyl halides is 3. The molecule has 0 saturated heterocycles. The van der Waals surface area contributed by atoms with E-state index < -0.39 is 50.1 Å². The highest BCUT2D eigenvalue weighted by Gasteiger charge is 2.30. The second-order valence-corrected chi connectivity index (χ2v) is 9.51. The molecule has 39 heavy (non-hydrogen) atoms. The van der Waals surface area contributed by atoms with Gasteiger partial charge in [-0.15, -0.1) is 0 Å². The lowest BCUT2D eigenvalue weighted by atomic mass is 10.0. The fourth-order valence-corrected chi connectivity index (χ4v) is 3.84. The third kappa shape index (κ3) is 9.18. The first-order valence-corrected chi connectivity index (χ1v) is 12.8. The highest BCUT2D eigenvalue weighted by Crippen LogP contribution is 2.37. The van der Waals surface area contributed by atoms with Gasteiger partial charge in [0.15, 0.2) is 5.82 Å². The molecule has 0 aliphatic heterocycles. The maximum atomic E-state index is 12.9. The Labute approximate surface area is 219 Å². The van der Waals surface area contributed by atoms with E-state index >= 15 is 0 Å². The van der Waals surface area contributed by atoms with E-state index in [1.165, 1.54) is 43.3 Å². The number of aromatic nitrogens is 2. The number of rotatable bonds is 11. The lowest BCUT2D eigenvalue weighted by molar-refractivity contribution is -0.137. The van der Waals surface area contributed by atoms with Crippen LogP contribution in [0.4, 0.5) is 13.2 Å². The Morgan fingerprint density at radius 3 is 2.21 bits per heavy atom. The van der Waals surface area contributed by atoms with Gasteiger partial charge in [-0.05, 0) is 35.4 Å². The quantitative estimate of drug-likeness (QED) is 0.213. The molecule has 0 aliphatic carbocycles. The van der Waals surface area contributed by atoms with Gasteiger partial charge in [0.2, 0.25) is 11.8 Å². The van der Waals surface area contributed by atoms with E-state index in [-0.39, 0.29) is 30.3 Å². The summed E-state index contributed by atoms with van der Waals surface area (Å²) in [6, 6.07) is 7.58. The SMILES string of the molecule is CC(=O)N[C@@H](Cc1ccc(OP(=O)(O)O)cc1)C(=O)N[C@@H](CO)c1nc(Cc2ccc(C(F)(F)F)cc2)no1. The number of hydrogen-bond donors (Lipinski definition) is 5. The Morgan fingerprint density at radius 1 is 1.05 bits per heavy atom. The Balaban J connectivity index is 1.67. The van der Waals surface area contributed by atoms with Gasteiger partial charge in [-0.3, -0.25) is 19.4 Å². The predicted octanol–water partition coefficient (Wildman–Crippen LogP) is 2.05. The number of hydrogen-bond acceptors (Lipinski definition) is 8. The number of aliphatic hydroxyl groups excluding tert-OH is 1. The van der Waals surface area contributed by atoms with Crippen molar-refractivity contribution >= 4 is 19.6 Å². The Bertz CT molecular complexity index is 1330. The summed E-state index contributed by atoms with van der Waals surface area (Å²) in [5.41, 5.74) is 0.184. The van der Waals surface area contributed by atoms with Crippen molar-refractivity contribution in [1.82, 2.24) is 20.8 Å². The van der Waals surface area contributed by atoms with E-state index in [1.54, 1.807) is 0 Å². The first kappa shape index (κ1) is 29.8. The minimum Gasteiger partial charge on any atom is -0.404 e. The van der Waals surface area contributed by atoms with Gasteiger partial charge in [0.05, 0.1) is 12.2 Å². The molecule has 0 bridgehead atoms.